The van der Waals surface area contributed by atoms with E-state index in [-0.39, 0.29) is 22.2 Å². The first kappa shape index (κ1) is 14.6. The van der Waals surface area contributed by atoms with Crippen LogP contribution in [0.15, 0.2) is 26.0 Å². The van der Waals surface area contributed by atoms with E-state index in [9.17, 15) is 12.8 Å². The number of rotatable bonds is 4. The number of aromatic nitrogens is 1. The molecule has 0 fully saturated rings. The molecule has 0 aromatic carbocycles. The molecule has 2 aromatic heterocycles. The van der Waals surface area contributed by atoms with E-state index >= 15 is 0 Å². The van der Waals surface area contributed by atoms with Crippen LogP contribution < -0.4 is 4.72 Å². The van der Waals surface area contributed by atoms with Crippen molar-refractivity contribution in [2.45, 2.75) is 38.3 Å². The van der Waals surface area contributed by atoms with E-state index in [4.69, 9.17) is 8.94 Å². The summed E-state index contributed by atoms with van der Waals surface area (Å²) >= 11 is 0. The van der Waals surface area contributed by atoms with Crippen molar-refractivity contribution in [3.63, 3.8) is 0 Å². The number of aryl methyl sites for hydroxylation is 2. The third-order valence-electron chi connectivity index (χ3n) is 2.62. The van der Waals surface area contributed by atoms with Crippen LogP contribution in [-0.2, 0) is 15.7 Å². The van der Waals surface area contributed by atoms with E-state index in [1.54, 1.807) is 13.8 Å². The molecule has 0 spiro atoms. The Morgan fingerprint density at radius 1 is 1.30 bits per heavy atom. The second-order valence-corrected chi connectivity index (χ2v) is 6.58. The highest BCUT2D eigenvalue weighted by Gasteiger charge is 2.27. The van der Waals surface area contributed by atoms with Crippen LogP contribution in [0.3, 0.4) is 0 Å². The van der Waals surface area contributed by atoms with Crippen molar-refractivity contribution in [1.29, 1.82) is 0 Å². The van der Waals surface area contributed by atoms with Crippen molar-refractivity contribution in [3.05, 3.63) is 29.4 Å². The second-order valence-electron chi connectivity index (χ2n) is 4.93. The maximum absolute atomic E-state index is 13.6. The van der Waals surface area contributed by atoms with Gasteiger partial charge in [-0.3, -0.25) is 4.72 Å². The van der Waals surface area contributed by atoms with E-state index in [1.807, 2.05) is 0 Å². The molecule has 1 N–H and O–H groups in total. The monoisotopic (exact) mass is 302 g/mol. The van der Waals surface area contributed by atoms with Crippen molar-refractivity contribution in [1.82, 2.24) is 5.16 Å². The number of halogens is 1. The number of hydrogen-bond acceptors (Lipinski definition) is 5. The first-order chi connectivity index (χ1) is 9.09. The molecular formula is C12H15FN2O4S. The molecule has 0 saturated heterocycles. The number of furan rings is 1. The molecule has 0 aliphatic carbocycles. The van der Waals surface area contributed by atoms with Crippen LogP contribution in [-0.4, -0.2) is 13.6 Å². The standard InChI is InChI=1S/C12H15FN2O4S/c1-7-5-9(8(2)18-7)20(16,17)15-11-6-10(19-14-11)12(3,4)13/h5-6H,1-4H3,(H,14,15). The van der Waals surface area contributed by atoms with Gasteiger partial charge in [-0.15, -0.1) is 0 Å². The summed E-state index contributed by atoms with van der Waals surface area (Å²) in [5.74, 6) is 0.609. The van der Waals surface area contributed by atoms with Crippen molar-refractivity contribution in [2.24, 2.45) is 0 Å². The van der Waals surface area contributed by atoms with E-state index in [2.05, 4.69) is 9.88 Å². The Balaban J connectivity index is 2.29. The van der Waals surface area contributed by atoms with Crippen LogP contribution in [0.25, 0.3) is 0 Å². The Labute approximate surface area is 116 Å². The first-order valence-corrected chi connectivity index (χ1v) is 7.34. The summed E-state index contributed by atoms with van der Waals surface area (Å²) in [6.45, 7) is 5.76. The molecule has 2 aromatic rings. The smallest absolute Gasteiger partial charge is 0.266 e. The van der Waals surface area contributed by atoms with E-state index in [0.29, 0.717) is 5.76 Å². The van der Waals surface area contributed by atoms with Gasteiger partial charge in [0.1, 0.15) is 16.4 Å². The van der Waals surface area contributed by atoms with Crippen LogP contribution in [0.1, 0.15) is 31.1 Å². The van der Waals surface area contributed by atoms with Gasteiger partial charge in [0.25, 0.3) is 10.0 Å². The molecule has 0 aliphatic rings. The Kier molecular flexibility index (Phi) is 3.37. The van der Waals surface area contributed by atoms with Crippen LogP contribution >= 0.6 is 0 Å². The molecule has 0 saturated carbocycles. The maximum Gasteiger partial charge on any atom is 0.266 e. The molecule has 0 bridgehead atoms. The van der Waals surface area contributed by atoms with E-state index < -0.39 is 15.7 Å². The highest BCUT2D eigenvalue weighted by atomic mass is 32.2. The topological polar surface area (TPSA) is 85.3 Å². The van der Waals surface area contributed by atoms with Gasteiger partial charge in [-0.05, 0) is 27.7 Å². The van der Waals surface area contributed by atoms with Gasteiger partial charge in [0, 0.05) is 12.1 Å². The third-order valence-corrected chi connectivity index (χ3v) is 4.08. The van der Waals surface area contributed by atoms with Crippen molar-refractivity contribution >= 4 is 15.8 Å². The SMILES string of the molecule is Cc1cc(S(=O)(=O)Nc2cc(C(C)(C)F)on2)c(C)o1. The zero-order chi connectivity index (χ0) is 15.1. The van der Waals surface area contributed by atoms with Gasteiger partial charge in [0.2, 0.25) is 0 Å². The minimum Gasteiger partial charge on any atom is -0.465 e. The van der Waals surface area contributed by atoms with Crippen LogP contribution in [0, 0.1) is 13.8 Å². The molecule has 20 heavy (non-hydrogen) atoms. The molecule has 0 atom stereocenters. The van der Waals surface area contributed by atoms with Gasteiger partial charge in [0.15, 0.2) is 17.2 Å². The molecule has 2 heterocycles. The molecule has 110 valence electrons. The molecule has 0 aliphatic heterocycles. The largest absolute Gasteiger partial charge is 0.465 e. The van der Waals surface area contributed by atoms with Crippen LogP contribution in [0.4, 0.5) is 10.2 Å². The lowest BCUT2D eigenvalue weighted by molar-refractivity contribution is 0.163. The minimum atomic E-state index is -3.84. The predicted molar refractivity (Wildman–Crippen MR) is 69.6 cm³/mol. The number of nitrogens with one attached hydrogen (secondary N) is 1. The Morgan fingerprint density at radius 3 is 2.40 bits per heavy atom. The van der Waals surface area contributed by atoms with Crippen molar-refractivity contribution in [3.8, 4) is 0 Å². The summed E-state index contributed by atoms with van der Waals surface area (Å²) in [5, 5.41) is 3.49. The number of alkyl halides is 1. The predicted octanol–water partition coefficient (Wildman–Crippen LogP) is 2.89. The van der Waals surface area contributed by atoms with Crippen molar-refractivity contribution < 1.29 is 21.7 Å². The van der Waals surface area contributed by atoms with Crippen molar-refractivity contribution in [2.75, 3.05) is 4.72 Å². The highest BCUT2D eigenvalue weighted by Crippen LogP contribution is 2.28. The van der Waals surface area contributed by atoms with E-state index in [1.165, 1.54) is 26.0 Å². The molecule has 0 radical (unpaired) electrons. The number of nitrogens with zero attached hydrogens (tertiary/aromatic N) is 1. The fourth-order valence-electron chi connectivity index (χ4n) is 1.67. The number of hydrogen-bond donors (Lipinski definition) is 1. The average Bonchev–Trinajstić information content (AvgIpc) is 2.84. The summed E-state index contributed by atoms with van der Waals surface area (Å²) in [4.78, 5) is 0.0130. The Morgan fingerprint density at radius 2 is 1.95 bits per heavy atom. The highest BCUT2D eigenvalue weighted by molar-refractivity contribution is 7.92. The molecule has 8 heteroatoms. The molecule has 0 amide bonds. The lowest BCUT2D eigenvalue weighted by atomic mass is 10.1. The summed E-state index contributed by atoms with van der Waals surface area (Å²) in [6.07, 6.45) is 0. The second kappa shape index (κ2) is 4.62. The molecular weight excluding hydrogens is 287 g/mol. The molecule has 6 nitrogen and oxygen atoms in total. The van der Waals surface area contributed by atoms with Gasteiger partial charge in [0.05, 0.1) is 0 Å². The summed E-state index contributed by atoms with van der Waals surface area (Å²) in [7, 11) is -3.84. The molecule has 2 rings (SSSR count). The van der Waals surface area contributed by atoms with Gasteiger partial charge < -0.3 is 8.94 Å². The first-order valence-electron chi connectivity index (χ1n) is 5.85. The average molecular weight is 302 g/mol. The Bertz CT molecular complexity index is 725. The quantitative estimate of drug-likeness (QED) is 0.938. The summed E-state index contributed by atoms with van der Waals surface area (Å²) in [5.41, 5.74) is -1.74. The third kappa shape index (κ3) is 2.84. The summed E-state index contributed by atoms with van der Waals surface area (Å²) < 4.78 is 50.1. The molecule has 0 unspecified atom stereocenters. The lowest BCUT2D eigenvalue weighted by Gasteiger charge is -2.07. The minimum absolute atomic E-state index is 0.0130. The maximum atomic E-state index is 13.6. The van der Waals surface area contributed by atoms with Gasteiger partial charge >= 0.3 is 0 Å². The number of sulfonamides is 1. The van der Waals surface area contributed by atoms with Gasteiger partial charge in [-0.1, -0.05) is 5.16 Å². The number of anilines is 1. The fourth-order valence-corrected chi connectivity index (χ4v) is 2.89. The summed E-state index contributed by atoms with van der Waals surface area (Å²) in [6, 6.07) is 2.61. The zero-order valence-corrected chi connectivity index (χ0v) is 12.3. The normalized spacial score (nSPS) is 12.7. The lowest BCUT2D eigenvalue weighted by Crippen LogP contribution is -2.13. The van der Waals surface area contributed by atoms with Gasteiger partial charge in [-0.25, -0.2) is 12.8 Å². The van der Waals surface area contributed by atoms with Crippen LogP contribution in [0.5, 0.6) is 0 Å². The van der Waals surface area contributed by atoms with Crippen LogP contribution in [0.2, 0.25) is 0 Å². The van der Waals surface area contributed by atoms with Gasteiger partial charge in [-0.2, -0.15) is 0 Å². The Hall–Kier alpha value is -1.83. The van der Waals surface area contributed by atoms with E-state index in [0.717, 1.165) is 0 Å². The fraction of sp³-hybridized carbons (Fsp3) is 0.417. The zero-order valence-electron chi connectivity index (χ0n) is 11.5.